The van der Waals surface area contributed by atoms with Crippen molar-refractivity contribution in [3.63, 3.8) is 0 Å². The van der Waals surface area contributed by atoms with Crippen LogP contribution in [0.2, 0.25) is 0 Å². The van der Waals surface area contributed by atoms with Crippen LogP contribution < -0.4 is 5.73 Å². The van der Waals surface area contributed by atoms with Gasteiger partial charge in [0.15, 0.2) is 0 Å². The van der Waals surface area contributed by atoms with Crippen LogP contribution in [0.15, 0.2) is 0 Å². The summed E-state index contributed by atoms with van der Waals surface area (Å²) in [7, 11) is 0. The molecule has 112 valence electrons. The van der Waals surface area contributed by atoms with Gasteiger partial charge >= 0.3 is 5.97 Å². The first kappa shape index (κ1) is 16.3. The fraction of sp³-hybridized carbons (Fsp3) is 0.909. The van der Waals surface area contributed by atoms with E-state index in [1.807, 2.05) is 0 Å². The maximum Gasteiger partial charge on any atom is 0.326 e. The van der Waals surface area contributed by atoms with Crippen molar-refractivity contribution in [3.8, 4) is 0 Å². The van der Waals surface area contributed by atoms with E-state index in [0.29, 0.717) is 0 Å². The van der Waals surface area contributed by atoms with Gasteiger partial charge in [0.2, 0.25) is 0 Å². The molecule has 1 fully saturated rings. The van der Waals surface area contributed by atoms with Gasteiger partial charge in [0, 0.05) is 0 Å². The van der Waals surface area contributed by atoms with Crippen LogP contribution in [0, 0.1) is 5.92 Å². The van der Waals surface area contributed by atoms with Gasteiger partial charge in [-0.25, -0.2) is 0 Å². The summed E-state index contributed by atoms with van der Waals surface area (Å²) in [4.78, 5) is 11.4. The Morgan fingerprint density at radius 1 is 1.26 bits per heavy atom. The van der Waals surface area contributed by atoms with Gasteiger partial charge in [-0.2, -0.15) is 0 Å². The molecule has 1 rings (SSSR count). The van der Waals surface area contributed by atoms with Crippen LogP contribution in [0.3, 0.4) is 0 Å². The van der Waals surface area contributed by atoms with Crippen molar-refractivity contribution in [2.75, 3.05) is 6.61 Å². The van der Waals surface area contributed by atoms with Crippen LogP contribution in [0.5, 0.6) is 0 Å². The average Bonchev–Trinajstić information content (AvgIpc) is 2.35. The average molecular weight is 279 g/mol. The maximum absolute atomic E-state index is 11.4. The molecule has 8 heteroatoms. The Morgan fingerprint density at radius 2 is 1.79 bits per heavy atom. The van der Waals surface area contributed by atoms with Crippen molar-refractivity contribution in [2.24, 2.45) is 11.7 Å². The zero-order chi connectivity index (χ0) is 15.0. The summed E-state index contributed by atoms with van der Waals surface area (Å²) >= 11 is 0. The lowest BCUT2D eigenvalue weighted by Gasteiger charge is -2.47. The Labute approximate surface area is 110 Å². The number of rotatable bonds is 4. The van der Waals surface area contributed by atoms with E-state index in [0.717, 1.165) is 0 Å². The molecule has 8 nitrogen and oxygen atoms in total. The number of carbonyl (C=O) groups is 1. The molecule has 0 aromatic heterocycles. The fourth-order valence-electron chi connectivity index (χ4n) is 2.19. The van der Waals surface area contributed by atoms with Crippen LogP contribution in [-0.2, 0) is 9.53 Å². The number of aliphatic hydroxyl groups excluding tert-OH is 4. The van der Waals surface area contributed by atoms with Gasteiger partial charge in [-0.05, 0) is 5.92 Å². The second kappa shape index (κ2) is 5.70. The van der Waals surface area contributed by atoms with Gasteiger partial charge in [0.1, 0.15) is 36.1 Å². The Hall–Kier alpha value is -0.770. The molecule has 7 N–H and O–H groups in total. The van der Waals surface area contributed by atoms with E-state index >= 15 is 0 Å². The number of ether oxygens (including phenoxy) is 1. The number of aliphatic carboxylic acids is 1. The Bertz CT molecular complexity index is 335. The first-order valence-electron chi connectivity index (χ1n) is 6.00. The van der Waals surface area contributed by atoms with Crippen LogP contribution in [0.1, 0.15) is 13.8 Å². The molecule has 0 spiro atoms. The number of aliphatic hydroxyl groups is 4. The third kappa shape index (κ3) is 2.60. The van der Waals surface area contributed by atoms with E-state index in [-0.39, 0.29) is 0 Å². The number of carboxylic acid groups (broad SMARTS) is 1. The molecule has 0 aliphatic carbocycles. The van der Waals surface area contributed by atoms with E-state index in [9.17, 15) is 25.2 Å². The predicted octanol–water partition coefficient (Wildman–Crippen LogP) is -2.73. The van der Waals surface area contributed by atoms with E-state index in [1.165, 1.54) is 13.8 Å². The molecule has 0 saturated carbocycles. The van der Waals surface area contributed by atoms with Gasteiger partial charge in [-0.3, -0.25) is 4.79 Å². The van der Waals surface area contributed by atoms with Crippen molar-refractivity contribution in [3.05, 3.63) is 0 Å². The highest BCUT2D eigenvalue weighted by Crippen LogP contribution is 2.31. The van der Waals surface area contributed by atoms with Crippen molar-refractivity contribution in [1.29, 1.82) is 0 Å². The predicted molar refractivity (Wildman–Crippen MR) is 63.2 cm³/mol. The second-order valence-corrected chi connectivity index (χ2v) is 5.14. The molecule has 19 heavy (non-hydrogen) atoms. The zero-order valence-electron chi connectivity index (χ0n) is 10.8. The summed E-state index contributed by atoms with van der Waals surface area (Å²) in [5.74, 6) is -2.00. The van der Waals surface area contributed by atoms with Crippen molar-refractivity contribution in [2.45, 2.75) is 49.9 Å². The molecule has 6 atom stereocenters. The Morgan fingerprint density at radius 3 is 2.16 bits per heavy atom. The minimum absolute atomic E-state index is 0.605. The Kier molecular flexibility index (Phi) is 4.88. The summed E-state index contributed by atoms with van der Waals surface area (Å²) in [5, 5.41) is 47.5. The van der Waals surface area contributed by atoms with E-state index < -0.39 is 54.6 Å². The second-order valence-electron chi connectivity index (χ2n) is 5.14. The summed E-state index contributed by atoms with van der Waals surface area (Å²) in [6.07, 6.45) is -7.47. The van der Waals surface area contributed by atoms with E-state index in [4.69, 9.17) is 15.6 Å². The van der Waals surface area contributed by atoms with Crippen molar-refractivity contribution < 1.29 is 35.1 Å². The monoisotopic (exact) mass is 279 g/mol. The van der Waals surface area contributed by atoms with Crippen molar-refractivity contribution >= 4 is 5.97 Å². The molecular weight excluding hydrogens is 258 g/mol. The molecular formula is C11H21NO7. The quantitative estimate of drug-likeness (QED) is 0.324. The maximum atomic E-state index is 11.4. The van der Waals surface area contributed by atoms with E-state index in [2.05, 4.69) is 0 Å². The highest BCUT2D eigenvalue weighted by molar-refractivity contribution is 5.80. The summed E-state index contributed by atoms with van der Waals surface area (Å²) in [6, 6.07) is 0. The fourth-order valence-corrected chi connectivity index (χ4v) is 2.19. The third-order valence-corrected chi connectivity index (χ3v) is 3.69. The minimum atomic E-state index is -1.95. The van der Waals surface area contributed by atoms with Crippen molar-refractivity contribution in [1.82, 2.24) is 0 Å². The molecule has 1 heterocycles. The molecule has 1 saturated heterocycles. The number of carboxylic acids is 1. The lowest BCUT2D eigenvalue weighted by atomic mass is 9.76. The summed E-state index contributed by atoms with van der Waals surface area (Å²) in [5.41, 5.74) is 3.86. The number of hydrogen-bond acceptors (Lipinski definition) is 7. The molecule has 0 radical (unpaired) electrons. The molecule has 1 aliphatic heterocycles. The highest BCUT2D eigenvalue weighted by Gasteiger charge is 2.56. The first-order chi connectivity index (χ1) is 8.67. The van der Waals surface area contributed by atoms with Gasteiger partial charge in [0.25, 0.3) is 0 Å². The topological polar surface area (TPSA) is 153 Å². The summed E-state index contributed by atoms with van der Waals surface area (Å²) in [6.45, 7) is 2.44. The molecule has 0 bridgehead atoms. The van der Waals surface area contributed by atoms with Crippen LogP contribution in [-0.4, -0.2) is 74.2 Å². The SMILES string of the molecule is CC(C)[C@@](N)(C(=O)O)[C@H]1O[C@H](CO)[C@@H](O)[C@H](O)[C@@H]1O. The summed E-state index contributed by atoms with van der Waals surface area (Å²) < 4.78 is 5.20. The van der Waals surface area contributed by atoms with Crippen LogP contribution in [0.4, 0.5) is 0 Å². The van der Waals surface area contributed by atoms with E-state index in [1.54, 1.807) is 0 Å². The van der Waals surface area contributed by atoms with Crippen LogP contribution >= 0.6 is 0 Å². The Balaban J connectivity index is 3.13. The smallest absolute Gasteiger partial charge is 0.326 e. The molecule has 1 aliphatic rings. The standard InChI is InChI=1S/C11H21NO7/c1-4(2)11(12,10(17)18)9-8(16)7(15)6(14)5(3-13)19-9/h4-9,13-16H,3,12H2,1-2H3,(H,17,18)/t5-,6-,7+,8+,9+,11+/m1/s1. The third-order valence-electron chi connectivity index (χ3n) is 3.69. The number of hydrogen-bond donors (Lipinski definition) is 6. The molecule has 0 amide bonds. The van der Waals surface area contributed by atoms with Gasteiger partial charge in [-0.15, -0.1) is 0 Å². The lowest BCUT2D eigenvalue weighted by molar-refractivity contribution is -0.248. The molecule has 0 aromatic rings. The highest BCUT2D eigenvalue weighted by atomic mass is 16.5. The zero-order valence-corrected chi connectivity index (χ0v) is 10.8. The first-order valence-corrected chi connectivity index (χ1v) is 6.00. The lowest BCUT2D eigenvalue weighted by Crippen LogP contribution is -2.72. The van der Waals surface area contributed by atoms with Crippen LogP contribution in [0.25, 0.3) is 0 Å². The normalized spacial score (nSPS) is 39.1. The van der Waals surface area contributed by atoms with Gasteiger partial charge in [0.05, 0.1) is 6.61 Å². The van der Waals surface area contributed by atoms with Gasteiger partial charge in [-0.1, -0.05) is 13.8 Å². The van der Waals surface area contributed by atoms with Gasteiger partial charge < -0.3 is 36.0 Å². The molecule has 0 aromatic carbocycles. The largest absolute Gasteiger partial charge is 0.480 e. The molecule has 0 unspecified atom stereocenters. The number of nitrogens with two attached hydrogens (primary N) is 1. The minimum Gasteiger partial charge on any atom is -0.480 e.